The van der Waals surface area contributed by atoms with Crippen molar-refractivity contribution in [1.82, 2.24) is 9.21 Å². The molecule has 1 saturated heterocycles. The number of carboxylic acid groups (broad SMARTS) is 1. The molecule has 3 rings (SSSR count). The second-order valence-electron chi connectivity index (χ2n) is 8.99. The molecular formula is C25H34N2O7S2. The average Bonchev–Trinajstić information content (AvgIpc) is 3.37. The number of nitrogens with zero attached hydrogens (tertiary/aromatic N) is 2. The zero-order valence-corrected chi connectivity index (χ0v) is 22.3. The molecule has 1 aliphatic rings. The maximum atomic E-state index is 13.6. The number of carbonyl (C=O) groups is 1. The summed E-state index contributed by atoms with van der Waals surface area (Å²) in [4.78, 5) is 14.4. The SMILES string of the molecule is COc1ccc(S(=O)(=O)N(CC(C)C)CC(O)C(Sc2ccccc2)N(C(=O)O)[C@H]2CCOC2)cc1. The van der Waals surface area contributed by atoms with Gasteiger partial charge in [0.05, 0.1) is 30.8 Å². The third-order valence-corrected chi connectivity index (χ3v) is 8.95. The fraction of sp³-hybridized carbons (Fsp3) is 0.480. The van der Waals surface area contributed by atoms with Crippen LogP contribution < -0.4 is 4.74 Å². The summed E-state index contributed by atoms with van der Waals surface area (Å²) in [6, 6.07) is 14.8. The van der Waals surface area contributed by atoms with Crippen LogP contribution in [0, 0.1) is 5.92 Å². The number of hydrogen-bond donors (Lipinski definition) is 2. The minimum absolute atomic E-state index is 0.0238. The first kappa shape index (κ1) is 28.3. The Bertz CT molecular complexity index is 1080. The third-order valence-electron chi connectivity index (χ3n) is 5.78. The molecule has 1 heterocycles. The summed E-state index contributed by atoms with van der Waals surface area (Å²) < 4.78 is 38.9. The van der Waals surface area contributed by atoms with Crippen molar-refractivity contribution in [1.29, 1.82) is 0 Å². The number of hydrogen-bond acceptors (Lipinski definition) is 7. The van der Waals surface area contributed by atoms with Crippen LogP contribution in [0.1, 0.15) is 20.3 Å². The molecule has 1 amide bonds. The summed E-state index contributed by atoms with van der Waals surface area (Å²) in [5.74, 6) is 0.504. The maximum absolute atomic E-state index is 13.6. The number of amides is 1. The van der Waals surface area contributed by atoms with Gasteiger partial charge in [0.25, 0.3) is 0 Å². The van der Waals surface area contributed by atoms with Crippen molar-refractivity contribution in [3.63, 3.8) is 0 Å². The molecular weight excluding hydrogens is 504 g/mol. The molecule has 0 spiro atoms. The van der Waals surface area contributed by atoms with Crippen LogP contribution in [0.2, 0.25) is 0 Å². The van der Waals surface area contributed by atoms with Gasteiger partial charge in [0.2, 0.25) is 10.0 Å². The molecule has 11 heteroatoms. The molecule has 9 nitrogen and oxygen atoms in total. The summed E-state index contributed by atoms with van der Waals surface area (Å²) in [6.07, 6.45) is -1.99. The van der Waals surface area contributed by atoms with Gasteiger partial charge in [-0.15, -0.1) is 0 Å². The normalized spacial score (nSPS) is 17.8. The van der Waals surface area contributed by atoms with E-state index in [2.05, 4.69) is 0 Å². The molecule has 0 bridgehead atoms. The third kappa shape index (κ3) is 7.13. The Hall–Kier alpha value is -2.31. The topological polar surface area (TPSA) is 117 Å². The van der Waals surface area contributed by atoms with E-state index in [0.29, 0.717) is 18.8 Å². The number of methoxy groups -OCH3 is 1. The van der Waals surface area contributed by atoms with Gasteiger partial charge in [-0.2, -0.15) is 4.31 Å². The van der Waals surface area contributed by atoms with Crippen LogP contribution in [-0.2, 0) is 14.8 Å². The lowest BCUT2D eigenvalue weighted by Crippen LogP contribution is -2.54. The van der Waals surface area contributed by atoms with E-state index in [1.165, 1.54) is 40.2 Å². The smallest absolute Gasteiger partial charge is 0.408 e. The van der Waals surface area contributed by atoms with Gasteiger partial charge in [-0.25, -0.2) is 13.2 Å². The van der Waals surface area contributed by atoms with E-state index in [1.807, 2.05) is 44.2 Å². The second-order valence-corrected chi connectivity index (χ2v) is 12.1. The standard InChI is InChI=1S/C25H34N2O7S2/c1-18(2)15-26(36(31,32)22-11-9-20(33-3)10-12-22)16-23(28)24(35-21-7-5-4-6-8-21)27(25(29)30)19-13-14-34-17-19/h4-12,18-19,23-24,28H,13-17H2,1-3H3,(H,29,30)/t19-,23?,24?/m0/s1. The van der Waals surface area contributed by atoms with Crippen molar-refractivity contribution in [2.75, 3.05) is 33.4 Å². The number of ether oxygens (including phenoxy) is 2. The van der Waals surface area contributed by atoms with E-state index in [-0.39, 0.29) is 30.5 Å². The number of aliphatic hydroxyl groups is 1. The fourth-order valence-electron chi connectivity index (χ4n) is 4.05. The average molecular weight is 539 g/mol. The molecule has 3 atom stereocenters. The van der Waals surface area contributed by atoms with E-state index in [1.54, 1.807) is 12.1 Å². The number of sulfonamides is 1. The number of thioether (sulfide) groups is 1. The first-order valence-electron chi connectivity index (χ1n) is 11.8. The summed E-state index contributed by atoms with van der Waals surface area (Å²) in [5, 5.41) is 20.6. The van der Waals surface area contributed by atoms with Crippen LogP contribution in [-0.4, -0.2) is 84.9 Å². The fourth-order valence-corrected chi connectivity index (χ4v) is 6.88. The van der Waals surface area contributed by atoms with E-state index >= 15 is 0 Å². The minimum Gasteiger partial charge on any atom is -0.497 e. The zero-order chi connectivity index (χ0) is 26.3. The highest BCUT2D eigenvalue weighted by Crippen LogP contribution is 2.32. The highest BCUT2D eigenvalue weighted by molar-refractivity contribution is 8.00. The van der Waals surface area contributed by atoms with Gasteiger partial charge in [0, 0.05) is 24.6 Å². The van der Waals surface area contributed by atoms with Gasteiger partial charge in [0.15, 0.2) is 0 Å². The van der Waals surface area contributed by atoms with Crippen LogP contribution in [0.5, 0.6) is 5.75 Å². The number of aliphatic hydroxyl groups excluding tert-OH is 1. The molecule has 2 unspecified atom stereocenters. The van der Waals surface area contributed by atoms with Gasteiger partial charge in [-0.05, 0) is 48.7 Å². The Kier molecular flexibility index (Phi) is 10.0. The molecule has 0 aliphatic carbocycles. The minimum atomic E-state index is -3.97. The van der Waals surface area contributed by atoms with Gasteiger partial charge >= 0.3 is 6.09 Å². The lowest BCUT2D eigenvalue weighted by atomic mass is 10.2. The molecule has 2 N–H and O–H groups in total. The second kappa shape index (κ2) is 12.8. The Morgan fingerprint density at radius 2 is 1.81 bits per heavy atom. The van der Waals surface area contributed by atoms with E-state index in [0.717, 1.165) is 4.90 Å². The maximum Gasteiger partial charge on any atom is 0.408 e. The number of benzene rings is 2. The van der Waals surface area contributed by atoms with Crippen molar-refractivity contribution in [2.45, 2.75) is 47.6 Å². The van der Waals surface area contributed by atoms with Crippen LogP contribution >= 0.6 is 11.8 Å². The van der Waals surface area contributed by atoms with E-state index in [4.69, 9.17) is 9.47 Å². The summed E-state index contributed by atoms with van der Waals surface area (Å²) in [5.41, 5.74) is 0. The van der Waals surface area contributed by atoms with Crippen LogP contribution in [0.3, 0.4) is 0 Å². The van der Waals surface area contributed by atoms with Gasteiger partial charge < -0.3 is 19.7 Å². The van der Waals surface area contributed by atoms with Gasteiger partial charge in [-0.1, -0.05) is 43.8 Å². The number of rotatable bonds is 12. The lowest BCUT2D eigenvalue weighted by molar-refractivity contribution is 0.0492. The van der Waals surface area contributed by atoms with Crippen molar-refractivity contribution in [3.05, 3.63) is 54.6 Å². The van der Waals surface area contributed by atoms with Crippen molar-refractivity contribution in [3.8, 4) is 5.75 Å². The molecule has 0 radical (unpaired) electrons. The molecule has 198 valence electrons. The highest BCUT2D eigenvalue weighted by Gasteiger charge is 2.40. The lowest BCUT2D eigenvalue weighted by Gasteiger charge is -2.37. The summed E-state index contributed by atoms with van der Waals surface area (Å²) in [6.45, 7) is 4.32. The summed E-state index contributed by atoms with van der Waals surface area (Å²) in [7, 11) is -2.47. The predicted molar refractivity (Wildman–Crippen MR) is 138 cm³/mol. The molecule has 2 aromatic carbocycles. The van der Waals surface area contributed by atoms with Gasteiger partial charge in [-0.3, -0.25) is 4.90 Å². The van der Waals surface area contributed by atoms with Crippen molar-refractivity contribution >= 4 is 27.9 Å². The quantitative estimate of drug-likeness (QED) is 0.311. The highest BCUT2D eigenvalue weighted by atomic mass is 32.2. The van der Waals surface area contributed by atoms with Crippen molar-refractivity contribution in [2.24, 2.45) is 5.92 Å². The Balaban J connectivity index is 1.94. The largest absolute Gasteiger partial charge is 0.497 e. The van der Waals surface area contributed by atoms with Crippen LogP contribution in [0.4, 0.5) is 4.79 Å². The molecule has 2 aromatic rings. The van der Waals surface area contributed by atoms with Gasteiger partial charge in [0.1, 0.15) is 11.1 Å². The van der Waals surface area contributed by atoms with Crippen molar-refractivity contribution < 1.29 is 32.9 Å². The van der Waals surface area contributed by atoms with Crippen LogP contribution in [0.25, 0.3) is 0 Å². The monoisotopic (exact) mass is 538 g/mol. The van der Waals surface area contributed by atoms with E-state index in [9.17, 15) is 23.4 Å². The molecule has 1 fully saturated rings. The predicted octanol–water partition coefficient (Wildman–Crippen LogP) is 3.59. The first-order chi connectivity index (χ1) is 17.1. The zero-order valence-electron chi connectivity index (χ0n) is 20.7. The van der Waals surface area contributed by atoms with E-state index < -0.39 is 33.6 Å². The Labute approximate surface area is 217 Å². The molecule has 1 aliphatic heterocycles. The molecule has 0 saturated carbocycles. The Morgan fingerprint density at radius 3 is 2.33 bits per heavy atom. The molecule has 36 heavy (non-hydrogen) atoms. The Morgan fingerprint density at radius 1 is 1.14 bits per heavy atom. The first-order valence-corrected chi connectivity index (χ1v) is 14.1. The summed E-state index contributed by atoms with van der Waals surface area (Å²) >= 11 is 1.19. The van der Waals surface area contributed by atoms with Crippen LogP contribution in [0.15, 0.2) is 64.4 Å². The molecule has 0 aromatic heterocycles.